The van der Waals surface area contributed by atoms with E-state index in [1.165, 1.54) is 6.07 Å². The Bertz CT molecular complexity index is 780. The third-order valence-corrected chi connectivity index (χ3v) is 3.14. The van der Waals surface area contributed by atoms with Crippen molar-refractivity contribution in [2.24, 2.45) is 10.3 Å². The van der Waals surface area contributed by atoms with Gasteiger partial charge in [0.25, 0.3) is 5.69 Å². The van der Waals surface area contributed by atoms with E-state index in [4.69, 9.17) is 10.4 Å². The lowest BCUT2D eigenvalue weighted by Crippen LogP contribution is -2.11. The second kappa shape index (κ2) is 3.77. The summed E-state index contributed by atoms with van der Waals surface area (Å²) < 4.78 is 0. The minimum atomic E-state index is -0.558. The van der Waals surface area contributed by atoms with E-state index in [9.17, 15) is 10.1 Å². The molecule has 19 heavy (non-hydrogen) atoms. The average Bonchev–Trinajstić information content (AvgIpc) is 2.74. The van der Waals surface area contributed by atoms with Crippen molar-refractivity contribution in [3.8, 4) is 0 Å². The summed E-state index contributed by atoms with van der Waals surface area (Å²) in [5, 5.41) is 36.6. The molecule has 94 valence electrons. The van der Waals surface area contributed by atoms with Gasteiger partial charge in [0.15, 0.2) is 0 Å². The van der Waals surface area contributed by atoms with Crippen LogP contribution in [0.2, 0.25) is 0 Å². The second-order valence-electron chi connectivity index (χ2n) is 4.02. The van der Waals surface area contributed by atoms with Crippen LogP contribution < -0.4 is 0 Å². The quantitative estimate of drug-likeness (QED) is 0.463. The first-order valence-corrected chi connectivity index (χ1v) is 5.34. The summed E-state index contributed by atoms with van der Waals surface area (Å²) in [6.45, 7) is 0. The Morgan fingerprint density at radius 3 is 2.42 bits per heavy atom. The fourth-order valence-corrected chi connectivity index (χ4v) is 2.40. The number of nitro benzene ring substituents is 1. The minimum absolute atomic E-state index is 0.0254. The molecule has 1 aliphatic carbocycles. The lowest BCUT2D eigenvalue weighted by Gasteiger charge is -2.01. The van der Waals surface area contributed by atoms with Crippen LogP contribution in [0, 0.1) is 10.1 Å². The molecule has 0 radical (unpaired) electrons. The topological polar surface area (TPSA) is 108 Å². The van der Waals surface area contributed by atoms with Crippen LogP contribution in [0.4, 0.5) is 5.69 Å². The molecule has 0 atom stereocenters. The number of benzene rings is 2. The molecule has 0 saturated carbocycles. The number of nitro groups is 1. The van der Waals surface area contributed by atoms with Crippen LogP contribution in [0.3, 0.4) is 0 Å². The van der Waals surface area contributed by atoms with Gasteiger partial charge in [-0.1, -0.05) is 28.5 Å². The average molecular weight is 257 g/mol. The summed E-state index contributed by atoms with van der Waals surface area (Å²) in [5.41, 5.74) is 0.421. The highest BCUT2D eigenvalue weighted by atomic mass is 16.6. The van der Waals surface area contributed by atoms with E-state index in [2.05, 4.69) is 10.3 Å². The fraction of sp³-hybridized carbons (Fsp3) is 0. The third-order valence-electron chi connectivity index (χ3n) is 3.14. The monoisotopic (exact) mass is 257 g/mol. The molecule has 0 unspecified atom stereocenters. The van der Waals surface area contributed by atoms with Gasteiger partial charge in [-0.3, -0.25) is 10.1 Å². The van der Waals surface area contributed by atoms with Gasteiger partial charge in [-0.25, -0.2) is 0 Å². The largest absolute Gasteiger partial charge is 0.410 e. The molecular weight excluding hydrogens is 250 g/mol. The van der Waals surface area contributed by atoms with Crippen molar-refractivity contribution in [2.45, 2.75) is 0 Å². The van der Waals surface area contributed by atoms with Gasteiger partial charge in [-0.2, -0.15) is 0 Å². The summed E-state index contributed by atoms with van der Waals surface area (Å²) in [5.74, 6) is 0. The first kappa shape index (κ1) is 11.1. The van der Waals surface area contributed by atoms with Gasteiger partial charge in [-0.05, 0) is 11.5 Å². The van der Waals surface area contributed by atoms with Crippen molar-refractivity contribution in [1.82, 2.24) is 0 Å². The van der Waals surface area contributed by atoms with Crippen molar-refractivity contribution < 1.29 is 15.3 Å². The molecule has 7 nitrogen and oxygen atoms in total. The van der Waals surface area contributed by atoms with Crippen LogP contribution in [-0.2, 0) is 0 Å². The molecule has 0 amide bonds. The van der Waals surface area contributed by atoms with Gasteiger partial charge in [0.1, 0.15) is 11.4 Å². The van der Waals surface area contributed by atoms with Crippen LogP contribution >= 0.6 is 0 Å². The lowest BCUT2D eigenvalue weighted by atomic mass is 10.0. The molecule has 0 aromatic heterocycles. The fourth-order valence-electron chi connectivity index (χ4n) is 2.40. The highest BCUT2D eigenvalue weighted by Gasteiger charge is 2.34. The maximum Gasteiger partial charge on any atom is 0.279 e. The normalized spacial score (nSPS) is 17.5. The number of nitrogens with zero attached hydrogens (tertiary/aromatic N) is 3. The van der Waals surface area contributed by atoms with E-state index in [0.29, 0.717) is 10.9 Å². The Hall–Kier alpha value is -2.96. The Kier molecular flexibility index (Phi) is 2.21. The highest BCUT2D eigenvalue weighted by molar-refractivity contribution is 6.61. The van der Waals surface area contributed by atoms with Gasteiger partial charge in [0, 0.05) is 17.0 Å². The van der Waals surface area contributed by atoms with Crippen molar-refractivity contribution in [2.75, 3.05) is 0 Å². The Balaban J connectivity index is 2.55. The van der Waals surface area contributed by atoms with E-state index < -0.39 is 4.92 Å². The smallest absolute Gasteiger partial charge is 0.279 e. The van der Waals surface area contributed by atoms with Crippen LogP contribution in [0.1, 0.15) is 11.1 Å². The zero-order valence-electron chi connectivity index (χ0n) is 9.44. The van der Waals surface area contributed by atoms with E-state index in [1.807, 2.05) is 0 Å². The van der Waals surface area contributed by atoms with Gasteiger partial charge in [-0.15, -0.1) is 0 Å². The van der Waals surface area contributed by atoms with E-state index in [1.54, 1.807) is 24.3 Å². The van der Waals surface area contributed by atoms with E-state index in [0.717, 1.165) is 5.39 Å². The zero-order valence-corrected chi connectivity index (χ0v) is 9.44. The molecule has 1 aliphatic rings. The first-order valence-electron chi connectivity index (χ1n) is 5.34. The van der Waals surface area contributed by atoms with Crippen LogP contribution in [0.15, 0.2) is 40.6 Å². The van der Waals surface area contributed by atoms with Gasteiger partial charge >= 0.3 is 0 Å². The summed E-state index contributed by atoms with van der Waals surface area (Å²) in [6, 6.07) is 8.12. The Labute approximate surface area is 106 Å². The zero-order chi connectivity index (χ0) is 13.6. The maximum absolute atomic E-state index is 11.1. The predicted octanol–water partition coefficient (Wildman–Crippen LogP) is 2.12. The summed E-state index contributed by atoms with van der Waals surface area (Å²) in [4.78, 5) is 10.5. The molecule has 0 bridgehead atoms. The van der Waals surface area contributed by atoms with Crippen LogP contribution in [0.5, 0.6) is 0 Å². The molecule has 3 rings (SSSR count). The predicted molar refractivity (Wildman–Crippen MR) is 67.2 cm³/mol. The molecular formula is C12H7N3O4. The summed E-state index contributed by atoms with van der Waals surface area (Å²) >= 11 is 0. The van der Waals surface area contributed by atoms with Crippen LogP contribution in [0.25, 0.3) is 10.8 Å². The second-order valence-corrected chi connectivity index (χ2v) is 4.02. The number of rotatable bonds is 1. The SMILES string of the molecule is O=[N+]([O-])c1ccc2cccc3c2c1C(=N/O)/C3=N\O. The third kappa shape index (κ3) is 1.32. The highest BCUT2D eigenvalue weighted by Crippen LogP contribution is 2.37. The maximum atomic E-state index is 11.1. The summed E-state index contributed by atoms with van der Waals surface area (Å²) in [7, 11) is 0. The van der Waals surface area contributed by atoms with Crippen molar-refractivity contribution in [3.63, 3.8) is 0 Å². The molecule has 7 heteroatoms. The van der Waals surface area contributed by atoms with Crippen molar-refractivity contribution >= 4 is 27.9 Å². The lowest BCUT2D eigenvalue weighted by molar-refractivity contribution is -0.384. The molecule has 0 saturated heterocycles. The molecule has 2 aromatic carbocycles. The molecule has 0 aliphatic heterocycles. The molecule has 0 heterocycles. The molecule has 0 spiro atoms. The molecule has 2 aromatic rings. The number of hydrogen-bond acceptors (Lipinski definition) is 6. The number of hydrogen-bond donors (Lipinski definition) is 2. The number of oxime groups is 2. The molecule has 0 fully saturated rings. The van der Waals surface area contributed by atoms with Gasteiger partial charge in [0.2, 0.25) is 0 Å². The first-order chi connectivity index (χ1) is 9.19. The van der Waals surface area contributed by atoms with Gasteiger partial charge in [0.05, 0.1) is 10.5 Å². The van der Waals surface area contributed by atoms with Crippen molar-refractivity contribution in [3.05, 3.63) is 51.6 Å². The summed E-state index contributed by atoms with van der Waals surface area (Å²) in [6.07, 6.45) is 0. The Morgan fingerprint density at radius 1 is 1.05 bits per heavy atom. The van der Waals surface area contributed by atoms with Crippen LogP contribution in [-0.4, -0.2) is 26.8 Å². The van der Waals surface area contributed by atoms with E-state index in [-0.39, 0.29) is 22.7 Å². The van der Waals surface area contributed by atoms with Crippen molar-refractivity contribution in [1.29, 1.82) is 0 Å². The van der Waals surface area contributed by atoms with Gasteiger partial charge < -0.3 is 10.4 Å². The van der Waals surface area contributed by atoms with E-state index >= 15 is 0 Å². The minimum Gasteiger partial charge on any atom is -0.410 e. The molecule has 2 N–H and O–H groups in total. The standard InChI is InChI=1S/C12H7N3O4/c16-13-11-7-3-1-2-6-4-5-8(15(18)19)10(9(6)7)12(11)14-17/h1-5,16-17H/b13-11-,14-12-. The Morgan fingerprint density at radius 2 is 1.79 bits per heavy atom.